The first-order valence-electron chi connectivity index (χ1n) is 13.0. The number of amides is 2. The number of thiophene rings is 1. The van der Waals surface area contributed by atoms with Crippen molar-refractivity contribution in [1.82, 2.24) is 19.2 Å². The third-order valence-corrected chi connectivity index (χ3v) is 9.06. The van der Waals surface area contributed by atoms with Gasteiger partial charge in [0.25, 0.3) is 5.91 Å². The average Bonchev–Trinajstić information content (AvgIpc) is 3.72. The molecular weight excluding hydrogens is 498 g/mol. The Morgan fingerprint density at radius 3 is 2.66 bits per heavy atom. The lowest BCUT2D eigenvalue weighted by molar-refractivity contribution is -0.127. The van der Waals surface area contributed by atoms with Crippen LogP contribution in [0.2, 0.25) is 0 Å². The van der Waals surface area contributed by atoms with E-state index in [0.717, 1.165) is 51.5 Å². The predicted octanol–water partition coefficient (Wildman–Crippen LogP) is 4.72. The van der Waals surface area contributed by atoms with Crippen molar-refractivity contribution in [1.29, 1.82) is 0 Å². The summed E-state index contributed by atoms with van der Waals surface area (Å²) in [5.74, 6) is 0.226. The van der Waals surface area contributed by atoms with Crippen molar-refractivity contribution in [3.8, 4) is 38.7 Å². The van der Waals surface area contributed by atoms with Gasteiger partial charge in [-0.25, -0.2) is 0 Å². The van der Waals surface area contributed by atoms with Crippen molar-refractivity contribution >= 4 is 23.2 Å². The first-order valence-corrected chi connectivity index (χ1v) is 13.9. The molecule has 2 aliphatic heterocycles. The molecule has 0 radical (unpaired) electrons. The summed E-state index contributed by atoms with van der Waals surface area (Å²) in [7, 11) is 3.58. The van der Waals surface area contributed by atoms with E-state index >= 15 is 0 Å². The molecule has 0 bridgehead atoms. The highest BCUT2D eigenvalue weighted by molar-refractivity contribution is 7.13. The number of benzene rings is 1. The molecule has 1 fully saturated rings. The van der Waals surface area contributed by atoms with Gasteiger partial charge in [0.05, 0.1) is 18.5 Å². The Hall–Kier alpha value is -3.85. The molecule has 0 saturated carbocycles. The van der Waals surface area contributed by atoms with Crippen LogP contribution in [0.3, 0.4) is 0 Å². The lowest BCUT2D eigenvalue weighted by Gasteiger charge is -2.35. The summed E-state index contributed by atoms with van der Waals surface area (Å²) in [5, 5.41) is 6.67. The number of hydrogen-bond acceptors (Lipinski definition) is 5. The predicted molar refractivity (Wildman–Crippen MR) is 148 cm³/mol. The van der Waals surface area contributed by atoms with E-state index < -0.39 is 11.4 Å². The third-order valence-electron chi connectivity index (χ3n) is 8.15. The van der Waals surface area contributed by atoms with E-state index in [-0.39, 0.29) is 5.91 Å². The number of fused-ring (bicyclic) bond motifs is 3. The molecule has 9 heteroatoms. The zero-order chi connectivity index (χ0) is 26.6. The van der Waals surface area contributed by atoms with Gasteiger partial charge in [0.1, 0.15) is 17.0 Å². The van der Waals surface area contributed by atoms with Crippen molar-refractivity contribution in [3.05, 3.63) is 59.2 Å². The Bertz CT molecular complexity index is 1550. The Morgan fingerprint density at radius 2 is 2.00 bits per heavy atom. The fraction of sp³-hybridized carbons (Fsp3) is 0.345. The van der Waals surface area contributed by atoms with Crippen LogP contribution >= 0.6 is 11.3 Å². The number of hydrogen-bond donors (Lipinski definition) is 1. The minimum Gasteiger partial charge on any atom is -0.496 e. The molecule has 3 aromatic heterocycles. The first kappa shape index (κ1) is 24.5. The summed E-state index contributed by atoms with van der Waals surface area (Å²) in [6.45, 7) is 3.12. The Morgan fingerprint density at radius 1 is 1.16 bits per heavy atom. The normalized spacial score (nSPS) is 18.3. The summed E-state index contributed by atoms with van der Waals surface area (Å²) in [6.07, 6.45) is 4.56. The molecule has 2 aliphatic rings. The van der Waals surface area contributed by atoms with Gasteiger partial charge >= 0.3 is 0 Å². The second-order valence-electron chi connectivity index (χ2n) is 10.1. The minimum atomic E-state index is -0.934. The van der Waals surface area contributed by atoms with E-state index in [9.17, 15) is 9.59 Å². The average molecular weight is 530 g/mol. The van der Waals surface area contributed by atoms with Gasteiger partial charge in [0.15, 0.2) is 0 Å². The zero-order valence-corrected chi connectivity index (χ0v) is 22.7. The molecule has 0 aliphatic carbocycles. The van der Waals surface area contributed by atoms with Gasteiger partial charge in [-0.2, -0.15) is 5.10 Å². The van der Waals surface area contributed by atoms with Gasteiger partial charge < -0.3 is 19.9 Å². The van der Waals surface area contributed by atoms with Gasteiger partial charge in [-0.05, 0) is 67.0 Å². The van der Waals surface area contributed by atoms with Crippen molar-refractivity contribution in [3.63, 3.8) is 0 Å². The SMILES string of the molecule is CCC1(C(N)=O)CCCN1C(=O)c1cc(-c2cccs2)c2n1CCc1cc(OC)c(-c3ccn(C)n3)cc1-2. The molecule has 196 valence electrons. The fourth-order valence-electron chi connectivity index (χ4n) is 6.19. The standard InChI is InChI=1S/C29H31N5O3S/c1-4-29(28(30)36)10-6-11-34(29)27(35)23-17-21(25-7-5-14-38-25)26-19-16-20(22-9-12-32(2)31-22)24(37-3)15-18(19)8-13-33(23)26/h5,7,9,12,14-17H,4,6,8,10-11,13H2,1-3H3,(H2,30,36). The number of aryl methyl sites for hydroxylation is 2. The molecule has 4 aromatic rings. The van der Waals surface area contributed by atoms with Gasteiger partial charge in [0.2, 0.25) is 5.91 Å². The molecule has 2 amide bonds. The van der Waals surface area contributed by atoms with Crippen molar-refractivity contribution < 1.29 is 14.3 Å². The monoisotopic (exact) mass is 529 g/mol. The maximum Gasteiger partial charge on any atom is 0.271 e. The molecule has 2 N–H and O–H groups in total. The molecule has 1 saturated heterocycles. The van der Waals surface area contributed by atoms with Crippen LogP contribution in [0.1, 0.15) is 42.2 Å². The number of primary amides is 1. The molecule has 8 nitrogen and oxygen atoms in total. The lowest BCUT2D eigenvalue weighted by Crippen LogP contribution is -2.55. The molecule has 5 heterocycles. The number of methoxy groups -OCH3 is 1. The van der Waals surface area contributed by atoms with E-state index in [1.807, 2.05) is 43.7 Å². The smallest absolute Gasteiger partial charge is 0.271 e. The minimum absolute atomic E-state index is 0.130. The number of likely N-dealkylation sites (tertiary alicyclic amines) is 1. The van der Waals surface area contributed by atoms with E-state index in [1.54, 1.807) is 28.0 Å². The van der Waals surface area contributed by atoms with Crippen LogP contribution in [0.25, 0.3) is 33.0 Å². The van der Waals surface area contributed by atoms with Crippen LogP contribution < -0.4 is 10.5 Å². The molecular formula is C29H31N5O3S. The maximum absolute atomic E-state index is 14.2. The highest BCUT2D eigenvalue weighted by Crippen LogP contribution is 2.46. The van der Waals surface area contributed by atoms with Crippen LogP contribution in [-0.2, 0) is 24.8 Å². The quantitative estimate of drug-likeness (QED) is 0.391. The van der Waals surface area contributed by atoms with Gasteiger partial charge in [0, 0.05) is 47.9 Å². The lowest BCUT2D eigenvalue weighted by atomic mass is 9.91. The zero-order valence-electron chi connectivity index (χ0n) is 21.9. The van der Waals surface area contributed by atoms with Crippen molar-refractivity contribution in [2.45, 2.75) is 44.7 Å². The highest BCUT2D eigenvalue weighted by atomic mass is 32.1. The topological polar surface area (TPSA) is 95.4 Å². The number of nitrogens with zero attached hydrogens (tertiary/aromatic N) is 4. The summed E-state index contributed by atoms with van der Waals surface area (Å²) >= 11 is 1.65. The van der Waals surface area contributed by atoms with Crippen LogP contribution in [0.4, 0.5) is 0 Å². The number of aromatic nitrogens is 3. The second kappa shape index (κ2) is 9.16. The number of rotatable bonds is 6. The number of carbonyl (C=O) groups excluding carboxylic acids is 2. The molecule has 1 unspecified atom stereocenters. The van der Waals surface area contributed by atoms with E-state index in [0.29, 0.717) is 31.6 Å². The number of carbonyl (C=O) groups is 2. The maximum atomic E-state index is 14.2. The van der Waals surface area contributed by atoms with Crippen LogP contribution in [0, 0.1) is 0 Å². The Balaban J connectivity index is 1.55. The third kappa shape index (κ3) is 3.60. The number of ether oxygens (including phenoxy) is 1. The van der Waals surface area contributed by atoms with E-state index in [1.165, 1.54) is 5.56 Å². The summed E-state index contributed by atoms with van der Waals surface area (Å²) in [6, 6.07) is 12.3. The number of nitrogens with two attached hydrogens (primary N) is 1. The van der Waals surface area contributed by atoms with Crippen molar-refractivity contribution in [2.24, 2.45) is 12.8 Å². The van der Waals surface area contributed by atoms with Crippen LogP contribution in [0.15, 0.2) is 48.0 Å². The molecule has 0 spiro atoms. The summed E-state index contributed by atoms with van der Waals surface area (Å²) in [5.41, 5.74) is 11.5. The van der Waals surface area contributed by atoms with Gasteiger partial charge in [-0.3, -0.25) is 14.3 Å². The highest BCUT2D eigenvalue weighted by Gasteiger charge is 2.48. The first-order chi connectivity index (χ1) is 18.4. The summed E-state index contributed by atoms with van der Waals surface area (Å²) in [4.78, 5) is 29.5. The molecule has 38 heavy (non-hydrogen) atoms. The second-order valence-corrected chi connectivity index (χ2v) is 11.0. The largest absolute Gasteiger partial charge is 0.496 e. The van der Waals surface area contributed by atoms with E-state index in [4.69, 9.17) is 10.5 Å². The molecule has 1 aromatic carbocycles. The van der Waals surface area contributed by atoms with E-state index in [2.05, 4.69) is 27.9 Å². The molecule has 1 atom stereocenters. The van der Waals surface area contributed by atoms with Gasteiger partial charge in [-0.1, -0.05) is 13.0 Å². The fourth-order valence-corrected chi connectivity index (χ4v) is 6.93. The Kier molecular flexibility index (Phi) is 5.90. The van der Waals surface area contributed by atoms with Crippen molar-refractivity contribution in [2.75, 3.05) is 13.7 Å². The van der Waals surface area contributed by atoms with Crippen LogP contribution in [0.5, 0.6) is 5.75 Å². The molecule has 6 rings (SSSR count). The summed E-state index contributed by atoms with van der Waals surface area (Å²) < 4.78 is 9.69. The Labute approximate surface area is 225 Å². The van der Waals surface area contributed by atoms with Crippen LogP contribution in [-0.4, -0.2) is 50.3 Å². The van der Waals surface area contributed by atoms with Gasteiger partial charge in [-0.15, -0.1) is 11.3 Å².